The summed E-state index contributed by atoms with van der Waals surface area (Å²) in [7, 11) is 0. The number of aliphatic hydroxyl groups excluding tert-OH is 1. The lowest BCUT2D eigenvalue weighted by Gasteiger charge is -2.11. The Balaban J connectivity index is 1.58. The number of furan rings is 1. The second-order valence-electron chi connectivity index (χ2n) is 3.92. The van der Waals surface area contributed by atoms with E-state index >= 15 is 0 Å². The van der Waals surface area contributed by atoms with Crippen molar-refractivity contribution in [3.8, 4) is 0 Å². The molecule has 0 radical (unpaired) electrons. The van der Waals surface area contributed by atoms with Gasteiger partial charge in [-0.25, -0.2) is 0 Å². The minimum Gasteiger partial charge on any atom is -0.469 e. The van der Waals surface area contributed by atoms with Crippen LogP contribution in [0.5, 0.6) is 0 Å². The second kappa shape index (κ2) is 6.22. The molecule has 5 nitrogen and oxygen atoms in total. The molecule has 1 atom stereocenters. The lowest BCUT2D eigenvalue weighted by molar-refractivity contribution is 0.147. The fraction of sp³-hybridized carbons (Fsp3) is 0.417. The van der Waals surface area contributed by atoms with Gasteiger partial charge < -0.3 is 14.8 Å². The van der Waals surface area contributed by atoms with Gasteiger partial charge >= 0.3 is 0 Å². The number of hydrogen-bond donors (Lipinski definition) is 2. The van der Waals surface area contributed by atoms with Crippen molar-refractivity contribution in [2.45, 2.75) is 19.1 Å². The maximum Gasteiger partial charge on any atom is 0.105 e. The van der Waals surface area contributed by atoms with E-state index in [0.717, 1.165) is 18.7 Å². The summed E-state index contributed by atoms with van der Waals surface area (Å²) in [4.78, 5) is 0. The van der Waals surface area contributed by atoms with Gasteiger partial charge in [0.25, 0.3) is 0 Å². The first-order chi connectivity index (χ1) is 8.34. The zero-order valence-corrected chi connectivity index (χ0v) is 9.62. The third-order valence-electron chi connectivity index (χ3n) is 2.47. The van der Waals surface area contributed by atoms with Crippen molar-refractivity contribution in [2.24, 2.45) is 0 Å². The fourth-order valence-corrected chi connectivity index (χ4v) is 1.62. The van der Waals surface area contributed by atoms with Gasteiger partial charge in [-0.2, -0.15) is 5.10 Å². The molecular weight excluding hydrogens is 218 g/mol. The highest BCUT2D eigenvalue weighted by molar-refractivity contribution is 4.98. The number of nitrogens with zero attached hydrogens (tertiary/aromatic N) is 2. The Bertz CT molecular complexity index is 397. The highest BCUT2D eigenvalue weighted by Gasteiger charge is 2.04. The summed E-state index contributed by atoms with van der Waals surface area (Å²) in [6.45, 7) is 1.87. The maximum atomic E-state index is 9.73. The molecule has 2 rings (SSSR count). The van der Waals surface area contributed by atoms with Gasteiger partial charge in [0.1, 0.15) is 5.76 Å². The first kappa shape index (κ1) is 11.9. The Hall–Kier alpha value is -1.59. The molecule has 0 aliphatic rings. The van der Waals surface area contributed by atoms with Gasteiger partial charge in [0.2, 0.25) is 0 Å². The molecule has 0 bridgehead atoms. The van der Waals surface area contributed by atoms with Gasteiger partial charge in [0.15, 0.2) is 0 Å². The monoisotopic (exact) mass is 235 g/mol. The Morgan fingerprint density at radius 3 is 3.12 bits per heavy atom. The summed E-state index contributed by atoms with van der Waals surface area (Å²) in [5.41, 5.74) is 0. The summed E-state index contributed by atoms with van der Waals surface area (Å²) in [5, 5.41) is 17.0. The van der Waals surface area contributed by atoms with Gasteiger partial charge in [0, 0.05) is 31.9 Å². The van der Waals surface area contributed by atoms with Crippen LogP contribution in [0.1, 0.15) is 5.76 Å². The van der Waals surface area contributed by atoms with Gasteiger partial charge in [-0.1, -0.05) is 0 Å². The van der Waals surface area contributed by atoms with E-state index in [-0.39, 0.29) is 0 Å². The van der Waals surface area contributed by atoms with Crippen molar-refractivity contribution >= 4 is 0 Å². The van der Waals surface area contributed by atoms with Crippen LogP contribution in [0.2, 0.25) is 0 Å². The Labute approximate surface area is 100 Å². The third kappa shape index (κ3) is 4.05. The Morgan fingerprint density at radius 1 is 1.47 bits per heavy atom. The SMILES string of the molecule is OC(CNCCc1ccco1)Cn1cccn1. The largest absolute Gasteiger partial charge is 0.469 e. The van der Waals surface area contributed by atoms with E-state index in [1.165, 1.54) is 0 Å². The van der Waals surface area contributed by atoms with Gasteiger partial charge in [0.05, 0.1) is 18.9 Å². The molecule has 0 aromatic carbocycles. The summed E-state index contributed by atoms with van der Waals surface area (Å²) in [6, 6.07) is 5.67. The number of rotatable bonds is 7. The minimum absolute atomic E-state index is 0.425. The second-order valence-corrected chi connectivity index (χ2v) is 3.92. The van der Waals surface area contributed by atoms with Crippen molar-refractivity contribution in [2.75, 3.05) is 13.1 Å². The molecule has 0 amide bonds. The molecule has 2 heterocycles. The van der Waals surface area contributed by atoms with E-state index in [0.29, 0.717) is 13.1 Å². The molecule has 2 aromatic heterocycles. The van der Waals surface area contributed by atoms with Crippen LogP contribution < -0.4 is 5.32 Å². The molecule has 92 valence electrons. The van der Waals surface area contributed by atoms with Crippen LogP contribution in [0.3, 0.4) is 0 Å². The standard InChI is InChI=1S/C12H17N3O2/c16-11(10-15-7-2-5-14-15)9-13-6-4-12-3-1-8-17-12/h1-3,5,7-8,11,13,16H,4,6,9-10H2. The first-order valence-electron chi connectivity index (χ1n) is 5.73. The minimum atomic E-state index is -0.425. The number of nitrogens with one attached hydrogen (secondary N) is 1. The molecule has 0 spiro atoms. The van der Waals surface area contributed by atoms with Gasteiger partial charge in [-0.05, 0) is 18.2 Å². The van der Waals surface area contributed by atoms with Crippen molar-refractivity contribution in [3.05, 3.63) is 42.6 Å². The van der Waals surface area contributed by atoms with Gasteiger partial charge in [-0.3, -0.25) is 4.68 Å². The predicted octanol–water partition coefficient (Wildman–Crippen LogP) is 0.669. The molecule has 0 fully saturated rings. The maximum absolute atomic E-state index is 9.73. The van der Waals surface area contributed by atoms with Crippen molar-refractivity contribution < 1.29 is 9.52 Å². The zero-order chi connectivity index (χ0) is 11.9. The van der Waals surface area contributed by atoms with Crippen LogP contribution in [-0.2, 0) is 13.0 Å². The van der Waals surface area contributed by atoms with Crippen LogP contribution in [0.25, 0.3) is 0 Å². The summed E-state index contributed by atoms with van der Waals surface area (Å²) >= 11 is 0. The van der Waals surface area contributed by atoms with Crippen molar-refractivity contribution in [1.29, 1.82) is 0 Å². The third-order valence-corrected chi connectivity index (χ3v) is 2.47. The lowest BCUT2D eigenvalue weighted by Crippen LogP contribution is -2.31. The van der Waals surface area contributed by atoms with E-state index in [1.807, 2.05) is 24.4 Å². The number of aromatic nitrogens is 2. The average molecular weight is 235 g/mol. The van der Waals surface area contributed by atoms with Crippen LogP contribution in [-0.4, -0.2) is 34.1 Å². The average Bonchev–Trinajstić information content (AvgIpc) is 2.96. The number of aliphatic hydroxyl groups is 1. The lowest BCUT2D eigenvalue weighted by atomic mass is 10.3. The molecule has 2 N–H and O–H groups in total. The molecule has 0 saturated heterocycles. The summed E-state index contributed by atoms with van der Waals surface area (Å²) < 4.78 is 6.93. The van der Waals surface area contributed by atoms with Crippen molar-refractivity contribution in [3.63, 3.8) is 0 Å². The molecule has 17 heavy (non-hydrogen) atoms. The quantitative estimate of drug-likeness (QED) is 0.692. The van der Waals surface area contributed by atoms with E-state index in [9.17, 15) is 5.11 Å². The Morgan fingerprint density at radius 2 is 2.41 bits per heavy atom. The van der Waals surface area contributed by atoms with Gasteiger partial charge in [-0.15, -0.1) is 0 Å². The topological polar surface area (TPSA) is 63.2 Å². The van der Waals surface area contributed by atoms with E-state index in [1.54, 1.807) is 17.1 Å². The fourth-order valence-electron chi connectivity index (χ4n) is 1.62. The molecule has 1 unspecified atom stereocenters. The van der Waals surface area contributed by atoms with E-state index in [4.69, 9.17) is 4.42 Å². The molecule has 2 aromatic rings. The molecular formula is C12H17N3O2. The molecule has 0 aliphatic carbocycles. The highest BCUT2D eigenvalue weighted by Crippen LogP contribution is 1.99. The van der Waals surface area contributed by atoms with Crippen LogP contribution in [0.15, 0.2) is 41.3 Å². The van der Waals surface area contributed by atoms with E-state index in [2.05, 4.69) is 10.4 Å². The predicted molar refractivity (Wildman–Crippen MR) is 63.5 cm³/mol. The van der Waals surface area contributed by atoms with Crippen molar-refractivity contribution in [1.82, 2.24) is 15.1 Å². The number of hydrogen-bond acceptors (Lipinski definition) is 4. The molecule has 0 aliphatic heterocycles. The zero-order valence-electron chi connectivity index (χ0n) is 9.62. The van der Waals surface area contributed by atoms with Crippen LogP contribution in [0.4, 0.5) is 0 Å². The normalized spacial score (nSPS) is 12.8. The molecule has 0 saturated carbocycles. The van der Waals surface area contributed by atoms with Crippen LogP contribution in [0, 0.1) is 0 Å². The highest BCUT2D eigenvalue weighted by atomic mass is 16.3. The Kier molecular flexibility index (Phi) is 4.35. The van der Waals surface area contributed by atoms with E-state index < -0.39 is 6.10 Å². The summed E-state index contributed by atoms with van der Waals surface area (Å²) in [5.74, 6) is 0.957. The van der Waals surface area contributed by atoms with Crippen LogP contribution >= 0.6 is 0 Å². The first-order valence-corrected chi connectivity index (χ1v) is 5.73. The molecule has 5 heteroatoms. The smallest absolute Gasteiger partial charge is 0.105 e. The summed E-state index contributed by atoms with van der Waals surface area (Å²) in [6.07, 6.45) is 5.62.